The van der Waals surface area contributed by atoms with Gasteiger partial charge in [-0.25, -0.2) is 4.98 Å². The van der Waals surface area contributed by atoms with Gasteiger partial charge in [0.15, 0.2) is 5.13 Å². The van der Waals surface area contributed by atoms with Crippen LogP contribution in [0.3, 0.4) is 0 Å². The average Bonchev–Trinajstić information content (AvgIpc) is 3.49. The van der Waals surface area contributed by atoms with E-state index in [1.54, 1.807) is 0 Å². The number of carbonyl (C=O) groups excluding carboxylic acids is 2. The lowest BCUT2D eigenvalue weighted by Gasteiger charge is -2.25. The smallest absolute Gasteiger partial charge is 0.342 e. The summed E-state index contributed by atoms with van der Waals surface area (Å²) < 4.78 is 38.0. The highest BCUT2D eigenvalue weighted by molar-refractivity contribution is 7.14. The molecule has 2 aliphatic heterocycles. The van der Waals surface area contributed by atoms with E-state index in [9.17, 15) is 22.8 Å². The SMILES string of the molecule is O=C(Nc1nc([C@@H]2CCCN2CC(=O)N2CCCC2)cs1)c1ccc(C(F)(F)F)cc1. The molecule has 1 aromatic carbocycles. The number of amides is 2. The van der Waals surface area contributed by atoms with Gasteiger partial charge in [0.05, 0.1) is 23.8 Å². The third kappa shape index (κ3) is 5.07. The van der Waals surface area contributed by atoms with Crippen molar-refractivity contribution in [2.45, 2.75) is 37.9 Å². The van der Waals surface area contributed by atoms with E-state index in [0.717, 1.165) is 75.3 Å². The number of nitrogens with one attached hydrogen (secondary N) is 1. The molecule has 2 aromatic rings. The third-order valence-corrected chi connectivity index (χ3v) is 6.49. The maximum atomic E-state index is 12.7. The van der Waals surface area contributed by atoms with Crippen molar-refractivity contribution in [3.63, 3.8) is 0 Å². The van der Waals surface area contributed by atoms with E-state index in [0.29, 0.717) is 11.7 Å². The molecule has 2 aliphatic rings. The molecule has 1 aromatic heterocycles. The van der Waals surface area contributed by atoms with E-state index in [4.69, 9.17) is 0 Å². The average molecular weight is 453 g/mol. The monoisotopic (exact) mass is 452 g/mol. The van der Waals surface area contributed by atoms with Gasteiger partial charge < -0.3 is 4.90 Å². The number of hydrogen-bond donors (Lipinski definition) is 1. The van der Waals surface area contributed by atoms with Gasteiger partial charge in [-0.2, -0.15) is 13.2 Å². The minimum Gasteiger partial charge on any atom is -0.342 e. The molecule has 2 saturated heterocycles. The normalized spacial score (nSPS) is 19.7. The van der Waals surface area contributed by atoms with Gasteiger partial charge in [-0.3, -0.25) is 19.8 Å². The standard InChI is InChI=1S/C21H23F3N4O2S/c22-21(23,24)15-7-5-14(6-8-15)19(30)26-20-25-16(13-31-20)17-4-3-11-28(17)12-18(29)27-9-1-2-10-27/h5-8,13,17H,1-4,9-12H2,(H,25,26,30)/t17-/m0/s1. The van der Waals surface area contributed by atoms with E-state index >= 15 is 0 Å². The van der Waals surface area contributed by atoms with Crippen LogP contribution < -0.4 is 5.32 Å². The Balaban J connectivity index is 1.38. The molecule has 0 aliphatic carbocycles. The zero-order chi connectivity index (χ0) is 22.0. The third-order valence-electron chi connectivity index (χ3n) is 5.72. The summed E-state index contributed by atoms with van der Waals surface area (Å²) in [4.78, 5) is 33.4. The highest BCUT2D eigenvalue weighted by Gasteiger charge is 2.32. The first-order valence-corrected chi connectivity index (χ1v) is 11.1. The number of likely N-dealkylation sites (tertiary alicyclic amines) is 2. The van der Waals surface area contributed by atoms with Gasteiger partial charge in [-0.1, -0.05) is 0 Å². The van der Waals surface area contributed by atoms with Crippen molar-refractivity contribution in [3.05, 3.63) is 46.5 Å². The molecule has 31 heavy (non-hydrogen) atoms. The molecule has 2 fully saturated rings. The summed E-state index contributed by atoms with van der Waals surface area (Å²) in [6.07, 6.45) is -0.457. The fraction of sp³-hybridized carbons (Fsp3) is 0.476. The van der Waals surface area contributed by atoms with Crippen LogP contribution in [0.15, 0.2) is 29.6 Å². The first-order valence-electron chi connectivity index (χ1n) is 10.3. The second kappa shape index (κ2) is 8.96. The maximum absolute atomic E-state index is 12.7. The number of hydrogen-bond acceptors (Lipinski definition) is 5. The van der Waals surface area contributed by atoms with Crippen molar-refractivity contribution < 1.29 is 22.8 Å². The summed E-state index contributed by atoms with van der Waals surface area (Å²) in [5, 5.41) is 4.91. The van der Waals surface area contributed by atoms with Gasteiger partial charge in [0.2, 0.25) is 5.91 Å². The van der Waals surface area contributed by atoms with Gasteiger partial charge in [-0.05, 0) is 56.5 Å². The first-order chi connectivity index (χ1) is 14.8. The molecule has 1 N–H and O–H groups in total. The zero-order valence-corrected chi connectivity index (χ0v) is 17.6. The number of rotatable bonds is 5. The Morgan fingerprint density at radius 2 is 1.81 bits per heavy atom. The van der Waals surface area contributed by atoms with Crippen LogP contribution in [0.2, 0.25) is 0 Å². The first kappa shape index (κ1) is 21.8. The molecule has 166 valence electrons. The van der Waals surface area contributed by atoms with Crippen LogP contribution in [0.5, 0.6) is 0 Å². The van der Waals surface area contributed by atoms with Gasteiger partial charge in [0.25, 0.3) is 5.91 Å². The molecule has 4 rings (SSSR count). The zero-order valence-electron chi connectivity index (χ0n) is 16.8. The van der Waals surface area contributed by atoms with Crippen molar-refractivity contribution in [3.8, 4) is 0 Å². The topological polar surface area (TPSA) is 65.5 Å². The molecule has 0 bridgehead atoms. The minimum atomic E-state index is -4.44. The fourth-order valence-corrected chi connectivity index (χ4v) is 4.82. The molecule has 0 spiro atoms. The van der Waals surface area contributed by atoms with Crippen LogP contribution in [0, 0.1) is 0 Å². The molecule has 0 unspecified atom stereocenters. The van der Waals surface area contributed by atoms with Crippen LogP contribution in [-0.2, 0) is 11.0 Å². The maximum Gasteiger partial charge on any atom is 0.416 e. The van der Waals surface area contributed by atoms with Crippen molar-refractivity contribution in [1.82, 2.24) is 14.8 Å². The Labute approximate surface area is 182 Å². The molecule has 1 atom stereocenters. The van der Waals surface area contributed by atoms with E-state index in [2.05, 4.69) is 15.2 Å². The van der Waals surface area contributed by atoms with Gasteiger partial charge in [0.1, 0.15) is 0 Å². The Kier molecular flexibility index (Phi) is 6.29. The number of alkyl halides is 3. The van der Waals surface area contributed by atoms with E-state index in [1.165, 1.54) is 11.3 Å². The molecular formula is C21H23F3N4O2S. The second-order valence-corrected chi connectivity index (χ2v) is 8.68. The fourth-order valence-electron chi connectivity index (χ4n) is 4.07. The predicted molar refractivity (Wildman–Crippen MR) is 111 cm³/mol. The molecule has 2 amide bonds. The van der Waals surface area contributed by atoms with Crippen LogP contribution >= 0.6 is 11.3 Å². The summed E-state index contributed by atoms with van der Waals surface area (Å²) in [5.74, 6) is -0.363. The number of carbonyl (C=O) groups is 2. The van der Waals surface area contributed by atoms with Crippen molar-refractivity contribution in [2.75, 3.05) is 31.5 Å². The number of thiazole rings is 1. The summed E-state index contributed by atoms with van der Waals surface area (Å²) >= 11 is 1.27. The van der Waals surface area contributed by atoms with Crippen LogP contribution in [0.25, 0.3) is 0 Å². The Hall–Kier alpha value is -2.46. The number of halogens is 3. The lowest BCUT2D eigenvalue weighted by atomic mass is 10.1. The quantitative estimate of drug-likeness (QED) is 0.740. The summed E-state index contributed by atoms with van der Waals surface area (Å²) in [5.41, 5.74) is 0.133. The van der Waals surface area contributed by atoms with E-state index in [1.807, 2.05) is 10.3 Å². The number of anilines is 1. The minimum absolute atomic E-state index is 0.0273. The predicted octanol–water partition coefficient (Wildman–Crippen LogP) is 4.17. The van der Waals surface area contributed by atoms with Gasteiger partial charge in [0, 0.05) is 24.0 Å². The van der Waals surface area contributed by atoms with Crippen LogP contribution in [0.4, 0.5) is 18.3 Å². The lowest BCUT2D eigenvalue weighted by molar-refractivity contribution is -0.137. The highest BCUT2D eigenvalue weighted by atomic mass is 32.1. The molecule has 6 nitrogen and oxygen atoms in total. The molecule has 10 heteroatoms. The van der Waals surface area contributed by atoms with Gasteiger partial charge in [-0.15, -0.1) is 11.3 Å². The van der Waals surface area contributed by atoms with Gasteiger partial charge >= 0.3 is 6.18 Å². The number of nitrogens with zero attached hydrogens (tertiary/aromatic N) is 3. The lowest BCUT2D eigenvalue weighted by Crippen LogP contribution is -2.38. The highest BCUT2D eigenvalue weighted by Crippen LogP contribution is 2.34. The number of aromatic nitrogens is 1. The Morgan fingerprint density at radius 3 is 2.48 bits per heavy atom. The van der Waals surface area contributed by atoms with Crippen molar-refractivity contribution >= 4 is 28.3 Å². The van der Waals surface area contributed by atoms with E-state index < -0.39 is 17.6 Å². The summed E-state index contributed by atoms with van der Waals surface area (Å²) in [6.45, 7) is 2.85. The van der Waals surface area contributed by atoms with E-state index in [-0.39, 0.29) is 17.5 Å². The Bertz CT molecular complexity index is 939. The van der Waals surface area contributed by atoms with Crippen LogP contribution in [-0.4, -0.2) is 52.8 Å². The van der Waals surface area contributed by atoms with Crippen LogP contribution in [0.1, 0.15) is 53.3 Å². The summed E-state index contributed by atoms with van der Waals surface area (Å²) in [7, 11) is 0. The largest absolute Gasteiger partial charge is 0.416 e. The molecule has 3 heterocycles. The number of benzene rings is 1. The van der Waals surface area contributed by atoms with Crippen molar-refractivity contribution in [1.29, 1.82) is 0 Å². The molecule has 0 saturated carbocycles. The molecular weight excluding hydrogens is 429 g/mol. The molecule has 0 radical (unpaired) electrons. The van der Waals surface area contributed by atoms with Crippen molar-refractivity contribution in [2.24, 2.45) is 0 Å². The Morgan fingerprint density at radius 1 is 1.10 bits per heavy atom. The second-order valence-electron chi connectivity index (χ2n) is 7.82. The summed E-state index contributed by atoms with van der Waals surface area (Å²) in [6, 6.07) is 4.09.